The van der Waals surface area contributed by atoms with Crippen molar-refractivity contribution in [2.75, 3.05) is 6.61 Å². The Morgan fingerprint density at radius 3 is 2.81 bits per heavy atom. The first-order valence-electron chi connectivity index (χ1n) is 5.48. The van der Waals surface area contributed by atoms with Gasteiger partial charge in [-0.15, -0.1) is 0 Å². The number of hydrogen-bond acceptors (Lipinski definition) is 2. The summed E-state index contributed by atoms with van der Waals surface area (Å²) in [5.74, 6) is -0.621. The van der Waals surface area contributed by atoms with Gasteiger partial charge in [0.2, 0.25) is 0 Å². The lowest BCUT2D eigenvalue weighted by molar-refractivity contribution is -0.138. The number of hydrogen-bond donors (Lipinski definition) is 0. The molecule has 2 rings (SSSR count). The van der Waals surface area contributed by atoms with Gasteiger partial charge in [0.05, 0.1) is 13.0 Å². The first-order chi connectivity index (χ1) is 7.65. The zero-order chi connectivity index (χ0) is 11.7. The van der Waals surface area contributed by atoms with E-state index in [0.29, 0.717) is 37.0 Å². The molecule has 0 atom stereocenters. The Bertz CT molecular complexity index is 418. The van der Waals surface area contributed by atoms with Crippen molar-refractivity contribution in [1.29, 1.82) is 0 Å². The monoisotopic (exact) mass is 225 g/mol. The minimum atomic E-state index is -0.378. The summed E-state index contributed by atoms with van der Waals surface area (Å²) in [6.45, 7) is 2.05. The van der Waals surface area contributed by atoms with Gasteiger partial charge in [0.25, 0.3) is 0 Å². The van der Waals surface area contributed by atoms with Gasteiger partial charge in [0, 0.05) is 12.0 Å². The summed E-state index contributed by atoms with van der Waals surface area (Å²) in [5, 5.41) is 0. The molecule has 0 unspecified atom stereocenters. The normalized spacial score (nSPS) is 20.2. The fourth-order valence-corrected chi connectivity index (χ4v) is 2.24. The van der Waals surface area contributed by atoms with Crippen LogP contribution in [0.4, 0.5) is 4.39 Å². The SMILES string of the molecule is CCOC(=O)C1=C2CCC(=[OH+])C2=C(F)CC1. The summed E-state index contributed by atoms with van der Waals surface area (Å²) in [4.78, 5) is 21.2. The summed E-state index contributed by atoms with van der Waals surface area (Å²) in [7, 11) is 0. The fourth-order valence-electron chi connectivity index (χ4n) is 2.24. The summed E-state index contributed by atoms with van der Waals surface area (Å²) in [6.07, 6.45) is 1.50. The lowest BCUT2D eigenvalue weighted by atomic mass is 9.92. The van der Waals surface area contributed by atoms with Crippen molar-refractivity contribution >= 4 is 11.8 Å². The highest BCUT2D eigenvalue weighted by Gasteiger charge is 2.38. The van der Waals surface area contributed by atoms with Crippen LogP contribution in [0.3, 0.4) is 0 Å². The maximum atomic E-state index is 13.5. The smallest absolute Gasteiger partial charge is 0.334 e. The van der Waals surface area contributed by atoms with Gasteiger partial charge in [0.15, 0.2) is 0 Å². The summed E-state index contributed by atoms with van der Waals surface area (Å²) < 4.78 is 18.5. The van der Waals surface area contributed by atoms with E-state index in [0.717, 1.165) is 0 Å². The van der Waals surface area contributed by atoms with Gasteiger partial charge in [-0.2, -0.15) is 0 Å². The number of rotatable bonds is 2. The molecule has 1 N–H and O–H groups in total. The molecule has 0 aliphatic heterocycles. The van der Waals surface area contributed by atoms with Crippen molar-refractivity contribution in [2.24, 2.45) is 0 Å². The van der Waals surface area contributed by atoms with Crippen LogP contribution in [-0.4, -0.2) is 23.2 Å². The Morgan fingerprint density at radius 1 is 1.38 bits per heavy atom. The van der Waals surface area contributed by atoms with Crippen LogP contribution in [0.5, 0.6) is 0 Å². The second-order valence-electron chi connectivity index (χ2n) is 3.90. The highest BCUT2D eigenvalue weighted by molar-refractivity contribution is 6.07. The third-order valence-electron chi connectivity index (χ3n) is 2.95. The summed E-state index contributed by atoms with van der Waals surface area (Å²) in [6, 6.07) is 0. The maximum Gasteiger partial charge on any atom is 0.334 e. The Hall–Kier alpha value is -1.45. The van der Waals surface area contributed by atoms with E-state index in [2.05, 4.69) is 0 Å². The zero-order valence-corrected chi connectivity index (χ0v) is 9.18. The molecule has 0 spiro atoms. The van der Waals surface area contributed by atoms with Crippen LogP contribution in [0.15, 0.2) is 22.5 Å². The number of fused-ring (bicyclic) bond motifs is 1. The Morgan fingerprint density at radius 2 is 2.12 bits per heavy atom. The van der Waals surface area contributed by atoms with Gasteiger partial charge in [-0.05, 0) is 25.3 Å². The van der Waals surface area contributed by atoms with E-state index in [1.807, 2.05) is 0 Å². The molecule has 3 nitrogen and oxygen atoms in total. The molecule has 0 aromatic rings. The molecule has 4 heteroatoms. The van der Waals surface area contributed by atoms with Gasteiger partial charge < -0.3 is 4.74 Å². The molecule has 0 radical (unpaired) electrons. The molecule has 2 aliphatic carbocycles. The molecule has 0 heterocycles. The average molecular weight is 225 g/mol. The lowest BCUT2D eigenvalue weighted by Crippen LogP contribution is -2.14. The quantitative estimate of drug-likeness (QED) is 0.534. The molecule has 1 saturated carbocycles. The fraction of sp³-hybridized carbons (Fsp3) is 0.500. The van der Waals surface area contributed by atoms with Crippen LogP contribution in [-0.2, 0) is 9.53 Å². The topological polar surface area (TPSA) is 47.7 Å². The van der Waals surface area contributed by atoms with Crippen LogP contribution in [0.1, 0.15) is 32.6 Å². The Balaban J connectivity index is 2.40. The van der Waals surface area contributed by atoms with Crippen molar-refractivity contribution in [1.82, 2.24) is 0 Å². The molecule has 0 bridgehead atoms. The van der Waals surface area contributed by atoms with E-state index < -0.39 is 0 Å². The highest BCUT2D eigenvalue weighted by Crippen LogP contribution is 2.39. The predicted molar refractivity (Wildman–Crippen MR) is 57.2 cm³/mol. The summed E-state index contributed by atoms with van der Waals surface area (Å²) >= 11 is 0. The lowest BCUT2D eigenvalue weighted by Gasteiger charge is -2.15. The first kappa shape index (κ1) is 11.0. The summed E-state index contributed by atoms with van der Waals surface area (Å²) in [5.41, 5.74) is 1.43. The molecule has 0 saturated heterocycles. The van der Waals surface area contributed by atoms with Crippen molar-refractivity contribution in [2.45, 2.75) is 32.6 Å². The second kappa shape index (κ2) is 4.20. The number of ether oxygens (including phenoxy) is 1. The van der Waals surface area contributed by atoms with Crippen LogP contribution in [0, 0.1) is 0 Å². The first-order valence-corrected chi connectivity index (χ1v) is 5.48. The van der Waals surface area contributed by atoms with E-state index in [4.69, 9.17) is 4.74 Å². The van der Waals surface area contributed by atoms with Gasteiger partial charge in [-0.25, -0.2) is 9.18 Å². The largest absolute Gasteiger partial charge is 0.463 e. The van der Waals surface area contributed by atoms with Crippen molar-refractivity contribution < 1.29 is 18.7 Å². The van der Waals surface area contributed by atoms with Gasteiger partial charge in [-0.3, -0.25) is 4.79 Å². The third kappa shape index (κ3) is 1.68. The number of halogens is 1. The molecule has 0 aromatic carbocycles. The zero-order valence-electron chi connectivity index (χ0n) is 9.18. The molecule has 1 fully saturated rings. The average Bonchev–Trinajstić information content (AvgIpc) is 2.62. The molecule has 0 amide bonds. The van der Waals surface area contributed by atoms with Gasteiger partial charge >= 0.3 is 11.8 Å². The molecule has 16 heavy (non-hydrogen) atoms. The van der Waals surface area contributed by atoms with E-state index in [9.17, 15) is 14.0 Å². The maximum absolute atomic E-state index is 13.5. The molecular weight excluding hydrogens is 211 g/mol. The molecule has 86 valence electrons. The number of carbonyl (C=O) groups is 1. The Kier molecular flexibility index (Phi) is 2.90. The van der Waals surface area contributed by atoms with Crippen molar-refractivity contribution in [3.05, 3.63) is 22.5 Å². The van der Waals surface area contributed by atoms with Gasteiger partial charge in [0.1, 0.15) is 11.4 Å². The van der Waals surface area contributed by atoms with Crippen LogP contribution in [0.25, 0.3) is 0 Å². The second-order valence-corrected chi connectivity index (χ2v) is 3.90. The Labute approximate surface area is 93.0 Å². The van der Waals surface area contributed by atoms with Crippen molar-refractivity contribution in [3.8, 4) is 0 Å². The predicted octanol–water partition coefficient (Wildman–Crippen LogP) is 2.20. The van der Waals surface area contributed by atoms with Crippen LogP contribution >= 0.6 is 0 Å². The molecular formula is C12H14FO3+. The minimum Gasteiger partial charge on any atom is -0.463 e. The van der Waals surface area contributed by atoms with Gasteiger partial charge in [-0.1, -0.05) is 0 Å². The highest BCUT2D eigenvalue weighted by atomic mass is 19.1. The van der Waals surface area contributed by atoms with Crippen LogP contribution < -0.4 is 0 Å². The number of carbonyl (C=O) groups excluding carboxylic acids is 2. The number of allylic oxidation sites excluding steroid dienone is 3. The third-order valence-corrected chi connectivity index (χ3v) is 2.95. The van der Waals surface area contributed by atoms with E-state index >= 15 is 0 Å². The van der Waals surface area contributed by atoms with Crippen LogP contribution in [0.2, 0.25) is 0 Å². The van der Waals surface area contributed by atoms with Crippen molar-refractivity contribution in [3.63, 3.8) is 0 Å². The minimum absolute atomic E-state index is 0.0639. The number of esters is 1. The van der Waals surface area contributed by atoms with E-state index in [-0.39, 0.29) is 29.6 Å². The van der Waals surface area contributed by atoms with E-state index in [1.165, 1.54) is 0 Å². The number of ketones is 1. The molecule has 0 aromatic heterocycles. The standard InChI is InChI=1S/C12H13FO3/c1-2-16-12(15)8-3-5-9(13)11-7(8)4-6-10(11)14/h2-6H2,1H3/p+1. The van der Waals surface area contributed by atoms with E-state index in [1.54, 1.807) is 6.92 Å². The molecule has 2 aliphatic rings.